The minimum absolute atomic E-state index is 0.0921. The van der Waals surface area contributed by atoms with Crippen molar-refractivity contribution < 1.29 is 4.79 Å². The van der Waals surface area contributed by atoms with Crippen molar-refractivity contribution in [2.45, 2.75) is 38.3 Å². The van der Waals surface area contributed by atoms with Crippen LogP contribution in [0.3, 0.4) is 0 Å². The van der Waals surface area contributed by atoms with E-state index in [0.29, 0.717) is 30.9 Å². The molecule has 0 bridgehead atoms. The zero-order valence-electron chi connectivity index (χ0n) is 13.8. The predicted octanol–water partition coefficient (Wildman–Crippen LogP) is 1.36. The number of aryl methyl sites for hydroxylation is 1. The number of rotatable bonds is 4. The van der Waals surface area contributed by atoms with Crippen molar-refractivity contribution in [3.63, 3.8) is 0 Å². The van der Waals surface area contributed by atoms with Gasteiger partial charge in [0.25, 0.3) is 5.56 Å². The van der Waals surface area contributed by atoms with Crippen molar-refractivity contribution in [3.05, 3.63) is 53.1 Å². The molecule has 1 N–H and O–H groups in total. The Morgan fingerprint density at radius 3 is 3.12 bits per heavy atom. The van der Waals surface area contributed by atoms with Gasteiger partial charge in [-0.05, 0) is 19.3 Å². The van der Waals surface area contributed by atoms with Crippen LogP contribution in [-0.4, -0.2) is 41.5 Å². The van der Waals surface area contributed by atoms with Gasteiger partial charge in [-0.1, -0.05) is 0 Å². The Morgan fingerprint density at radius 2 is 2.28 bits per heavy atom. The zero-order chi connectivity index (χ0) is 17.2. The zero-order valence-corrected chi connectivity index (χ0v) is 13.8. The highest BCUT2D eigenvalue weighted by Gasteiger charge is 2.29. The fourth-order valence-electron chi connectivity index (χ4n) is 3.44. The van der Waals surface area contributed by atoms with E-state index in [0.717, 1.165) is 19.3 Å². The van der Waals surface area contributed by atoms with Crippen LogP contribution in [0.1, 0.15) is 37.4 Å². The summed E-state index contributed by atoms with van der Waals surface area (Å²) in [4.78, 5) is 35.5. The topological polar surface area (TPSA) is 88.3 Å². The summed E-state index contributed by atoms with van der Waals surface area (Å²) in [6.07, 6.45) is 10.2. The van der Waals surface area contributed by atoms with Crippen LogP contribution in [0, 0.1) is 0 Å². The summed E-state index contributed by atoms with van der Waals surface area (Å²) >= 11 is 0. The summed E-state index contributed by atoms with van der Waals surface area (Å²) in [5.74, 6) is 0.0921. The van der Waals surface area contributed by atoms with E-state index in [2.05, 4.69) is 15.1 Å². The number of amides is 1. The highest BCUT2D eigenvalue weighted by atomic mass is 16.2. The van der Waals surface area contributed by atoms with Crippen LogP contribution in [0.2, 0.25) is 0 Å². The molecule has 0 aromatic carbocycles. The lowest BCUT2D eigenvalue weighted by molar-refractivity contribution is -0.135. The number of imidazole rings is 1. The minimum atomic E-state index is -0.151. The maximum absolute atomic E-state index is 12.8. The maximum Gasteiger partial charge on any atom is 0.272 e. The van der Waals surface area contributed by atoms with Gasteiger partial charge in [0.15, 0.2) is 5.65 Å². The van der Waals surface area contributed by atoms with Crippen LogP contribution in [0.4, 0.5) is 0 Å². The van der Waals surface area contributed by atoms with E-state index < -0.39 is 0 Å². The number of piperidine rings is 1. The molecule has 3 aromatic heterocycles. The number of carbonyl (C=O) groups is 1. The molecule has 1 unspecified atom stereocenters. The monoisotopic (exact) mass is 340 g/mol. The number of aromatic amines is 1. The third kappa shape index (κ3) is 3.07. The molecule has 0 saturated carbocycles. The van der Waals surface area contributed by atoms with Crippen molar-refractivity contribution in [1.29, 1.82) is 0 Å². The molecule has 4 rings (SSSR count). The molecule has 25 heavy (non-hydrogen) atoms. The van der Waals surface area contributed by atoms with Gasteiger partial charge in [-0.3, -0.25) is 14.7 Å². The van der Waals surface area contributed by atoms with Crippen molar-refractivity contribution in [2.75, 3.05) is 6.54 Å². The Hall–Kier alpha value is -2.90. The lowest BCUT2D eigenvalue weighted by Gasteiger charge is -2.35. The summed E-state index contributed by atoms with van der Waals surface area (Å²) < 4.78 is 3.30. The molecule has 8 heteroatoms. The summed E-state index contributed by atoms with van der Waals surface area (Å²) in [5, 5.41) is 2.84. The molecule has 130 valence electrons. The second kappa shape index (κ2) is 6.54. The predicted molar refractivity (Wildman–Crippen MR) is 91.0 cm³/mol. The lowest BCUT2D eigenvalue weighted by Crippen LogP contribution is -2.39. The number of carbonyl (C=O) groups excluding carboxylic acids is 1. The van der Waals surface area contributed by atoms with E-state index in [4.69, 9.17) is 0 Å². The molecule has 0 spiro atoms. The highest BCUT2D eigenvalue weighted by Crippen LogP contribution is 2.30. The molecule has 1 aliphatic heterocycles. The van der Waals surface area contributed by atoms with Crippen LogP contribution in [0.5, 0.6) is 0 Å². The Bertz CT molecular complexity index is 926. The second-order valence-electron chi connectivity index (χ2n) is 6.32. The highest BCUT2D eigenvalue weighted by molar-refractivity contribution is 5.76. The van der Waals surface area contributed by atoms with E-state index in [1.807, 2.05) is 15.7 Å². The van der Waals surface area contributed by atoms with Crippen molar-refractivity contribution >= 4 is 11.6 Å². The largest absolute Gasteiger partial charge is 0.337 e. The Kier molecular flexibility index (Phi) is 4.09. The average molecular weight is 340 g/mol. The Morgan fingerprint density at radius 1 is 1.36 bits per heavy atom. The van der Waals surface area contributed by atoms with Crippen LogP contribution in [0.25, 0.3) is 5.65 Å². The number of aromatic nitrogens is 5. The van der Waals surface area contributed by atoms with Gasteiger partial charge < -0.3 is 9.47 Å². The van der Waals surface area contributed by atoms with Gasteiger partial charge in [0.1, 0.15) is 0 Å². The fraction of sp³-hybridized carbons (Fsp3) is 0.412. The fourth-order valence-corrected chi connectivity index (χ4v) is 3.44. The Balaban J connectivity index is 1.57. The summed E-state index contributed by atoms with van der Waals surface area (Å²) in [7, 11) is 0. The molecule has 4 heterocycles. The second-order valence-corrected chi connectivity index (χ2v) is 6.32. The quantitative estimate of drug-likeness (QED) is 0.777. The standard InChI is InChI=1S/C17H20N6O2/c24-16(5-9-21-10-7-18-12-21)22-8-2-1-3-14(22)13-11-17(25)23-15(20-13)4-6-19-23/h4,6-7,10-12,14,19H,1-3,5,8-9H2. The summed E-state index contributed by atoms with van der Waals surface area (Å²) in [6, 6.07) is 3.17. The first-order valence-electron chi connectivity index (χ1n) is 8.55. The lowest BCUT2D eigenvalue weighted by atomic mass is 9.98. The number of hydrogen-bond donors (Lipinski definition) is 1. The van der Waals surface area contributed by atoms with Crippen LogP contribution in [0.15, 0.2) is 41.8 Å². The van der Waals surface area contributed by atoms with Crippen molar-refractivity contribution in [1.82, 2.24) is 29.0 Å². The molecule has 0 radical (unpaired) electrons. The van der Waals surface area contributed by atoms with Gasteiger partial charge in [-0.2, -0.15) is 0 Å². The summed E-state index contributed by atoms with van der Waals surface area (Å²) in [6.45, 7) is 1.32. The Labute approximate surface area is 144 Å². The first-order valence-corrected chi connectivity index (χ1v) is 8.55. The molecule has 1 aliphatic rings. The van der Waals surface area contributed by atoms with E-state index in [1.54, 1.807) is 24.8 Å². The SMILES string of the molecule is O=C(CCn1ccnc1)N1CCCCC1c1cc(=O)n2[nH]ccc2n1. The van der Waals surface area contributed by atoms with Crippen LogP contribution >= 0.6 is 0 Å². The van der Waals surface area contributed by atoms with Gasteiger partial charge >= 0.3 is 0 Å². The smallest absolute Gasteiger partial charge is 0.272 e. The first kappa shape index (κ1) is 15.6. The number of likely N-dealkylation sites (tertiary alicyclic amines) is 1. The molecular formula is C17H20N6O2. The maximum atomic E-state index is 12.8. The third-order valence-electron chi connectivity index (χ3n) is 4.71. The van der Waals surface area contributed by atoms with E-state index in [1.165, 1.54) is 10.6 Å². The first-order chi connectivity index (χ1) is 12.2. The summed E-state index contributed by atoms with van der Waals surface area (Å²) in [5.41, 5.74) is 1.11. The normalized spacial score (nSPS) is 17.9. The van der Waals surface area contributed by atoms with Gasteiger partial charge in [0, 0.05) is 50.2 Å². The third-order valence-corrected chi connectivity index (χ3v) is 4.71. The molecule has 8 nitrogen and oxygen atoms in total. The molecule has 1 atom stereocenters. The molecule has 1 saturated heterocycles. The number of H-pyrrole nitrogens is 1. The van der Waals surface area contributed by atoms with Gasteiger partial charge in [0.2, 0.25) is 5.91 Å². The molecule has 3 aromatic rings. The van der Waals surface area contributed by atoms with Crippen molar-refractivity contribution in [2.24, 2.45) is 0 Å². The molecular weight excluding hydrogens is 320 g/mol. The molecule has 1 fully saturated rings. The number of hydrogen-bond acceptors (Lipinski definition) is 4. The van der Waals surface area contributed by atoms with Gasteiger partial charge in [-0.25, -0.2) is 14.5 Å². The average Bonchev–Trinajstić information content (AvgIpc) is 3.31. The van der Waals surface area contributed by atoms with E-state index >= 15 is 0 Å². The molecule has 0 aliphatic carbocycles. The minimum Gasteiger partial charge on any atom is -0.337 e. The number of nitrogens with one attached hydrogen (secondary N) is 1. The van der Waals surface area contributed by atoms with Gasteiger partial charge in [-0.15, -0.1) is 0 Å². The van der Waals surface area contributed by atoms with Crippen LogP contribution < -0.4 is 5.56 Å². The van der Waals surface area contributed by atoms with Gasteiger partial charge in [0.05, 0.1) is 18.1 Å². The number of fused-ring (bicyclic) bond motifs is 1. The van der Waals surface area contributed by atoms with Crippen LogP contribution in [-0.2, 0) is 11.3 Å². The van der Waals surface area contributed by atoms with E-state index in [-0.39, 0.29) is 17.5 Å². The van der Waals surface area contributed by atoms with E-state index in [9.17, 15) is 9.59 Å². The van der Waals surface area contributed by atoms with Crippen molar-refractivity contribution in [3.8, 4) is 0 Å². The molecule has 1 amide bonds. The number of nitrogens with zero attached hydrogens (tertiary/aromatic N) is 5.